The highest BCUT2D eigenvalue weighted by atomic mass is 16.3. The molecule has 0 bridgehead atoms. The van der Waals surface area contributed by atoms with E-state index in [1.807, 2.05) is 0 Å². The molecule has 1 fully saturated rings. The van der Waals surface area contributed by atoms with Crippen molar-refractivity contribution in [3.8, 4) is 0 Å². The van der Waals surface area contributed by atoms with Gasteiger partial charge in [0.2, 0.25) is 0 Å². The Hall–Kier alpha value is -0.860. The normalized spacial score (nSPS) is 17.8. The molecular formula is C18H29NO. The van der Waals surface area contributed by atoms with Crippen molar-refractivity contribution < 1.29 is 5.11 Å². The van der Waals surface area contributed by atoms with E-state index in [9.17, 15) is 5.11 Å². The summed E-state index contributed by atoms with van der Waals surface area (Å²) in [4.78, 5) is 0. The first-order valence-corrected chi connectivity index (χ1v) is 8.12. The van der Waals surface area contributed by atoms with Gasteiger partial charge in [-0.2, -0.15) is 0 Å². The maximum atomic E-state index is 10.2. The molecule has 1 unspecified atom stereocenters. The van der Waals surface area contributed by atoms with E-state index in [0.29, 0.717) is 12.5 Å². The molecule has 0 radical (unpaired) electrons. The molecule has 2 heteroatoms. The molecule has 0 saturated heterocycles. The molecule has 0 aliphatic heterocycles. The summed E-state index contributed by atoms with van der Waals surface area (Å²) in [5, 5.41) is 13.6. The van der Waals surface area contributed by atoms with Crippen molar-refractivity contribution in [3.63, 3.8) is 0 Å². The average Bonchev–Trinajstić information content (AvgIpc) is 2.92. The van der Waals surface area contributed by atoms with Crippen molar-refractivity contribution >= 4 is 0 Å². The summed E-state index contributed by atoms with van der Waals surface area (Å²) in [6.07, 6.45) is 6.19. The molecule has 0 heterocycles. The molecule has 2 rings (SSSR count). The van der Waals surface area contributed by atoms with Crippen molar-refractivity contribution in [1.82, 2.24) is 5.32 Å². The van der Waals surface area contributed by atoms with Crippen molar-refractivity contribution in [2.75, 3.05) is 13.1 Å². The minimum absolute atomic E-state index is 0.385. The van der Waals surface area contributed by atoms with Crippen LogP contribution in [0.2, 0.25) is 0 Å². The lowest BCUT2D eigenvalue weighted by atomic mass is 10.00. The van der Waals surface area contributed by atoms with Gasteiger partial charge in [-0.15, -0.1) is 0 Å². The van der Waals surface area contributed by atoms with E-state index in [2.05, 4.69) is 43.4 Å². The number of aliphatic hydroxyl groups is 1. The maximum absolute atomic E-state index is 10.2. The zero-order valence-corrected chi connectivity index (χ0v) is 12.9. The molecule has 0 spiro atoms. The fourth-order valence-electron chi connectivity index (χ4n) is 3.10. The van der Waals surface area contributed by atoms with Crippen LogP contribution in [0.1, 0.15) is 56.8 Å². The van der Waals surface area contributed by atoms with Gasteiger partial charge in [0.1, 0.15) is 0 Å². The zero-order valence-electron chi connectivity index (χ0n) is 12.9. The Morgan fingerprint density at radius 3 is 2.40 bits per heavy atom. The van der Waals surface area contributed by atoms with E-state index in [-0.39, 0.29) is 6.10 Å². The van der Waals surface area contributed by atoms with Crippen LogP contribution < -0.4 is 5.32 Å². The molecule has 1 aromatic rings. The Balaban J connectivity index is 1.75. The first-order valence-electron chi connectivity index (χ1n) is 8.12. The van der Waals surface area contributed by atoms with Crippen LogP contribution in [-0.2, 0) is 6.42 Å². The Bertz CT molecular complexity index is 379. The molecule has 20 heavy (non-hydrogen) atoms. The second kappa shape index (κ2) is 7.80. The summed E-state index contributed by atoms with van der Waals surface area (Å²) in [6, 6.07) is 8.43. The lowest BCUT2D eigenvalue weighted by Crippen LogP contribution is -2.26. The second-order valence-electron chi connectivity index (χ2n) is 6.66. The first kappa shape index (κ1) is 15.5. The van der Waals surface area contributed by atoms with Gasteiger partial charge in [-0.25, -0.2) is 0 Å². The van der Waals surface area contributed by atoms with Crippen molar-refractivity contribution in [1.29, 1.82) is 0 Å². The molecule has 2 N–H and O–H groups in total. The molecule has 1 aliphatic rings. The van der Waals surface area contributed by atoms with Gasteiger partial charge in [0.25, 0.3) is 0 Å². The van der Waals surface area contributed by atoms with Crippen molar-refractivity contribution in [3.05, 3.63) is 35.4 Å². The van der Waals surface area contributed by atoms with Crippen LogP contribution in [0.25, 0.3) is 0 Å². The number of rotatable bonds is 7. The Kier molecular flexibility index (Phi) is 6.06. The molecule has 2 nitrogen and oxygen atoms in total. The predicted molar refractivity (Wildman–Crippen MR) is 84.8 cm³/mol. The topological polar surface area (TPSA) is 32.3 Å². The highest BCUT2D eigenvalue weighted by Crippen LogP contribution is 2.24. The van der Waals surface area contributed by atoms with Gasteiger partial charge in [-0.3, -0.25) is 0 Å². The van der Waals surface area contributed by atoms with Gasteiger partial charge in [-0.1, -0.05) is 51.0 Å². The lowest BCUT2D eigenvalue weighted by Gasteiger charge is -2.15. The zero-order chi connectivity index (χ0) is 14.4. The fourth-order valence-corrected chi connectivity index (χ4v) is 3.10. The highest BCUT2D eigenvalue weighted by Gasteiger charge is 2.15. The SMILES string of the molecule is CC(C)Cc1ccc(C(O)CNCC2CCCC2)cc1. The molecule has 0 amide bonds. The van der Waals surface area contributed by atoms with Gasteiger partial charge >= 0.3 is 0 Å². The third kappa shape index (κ3) is 4.92. The Morgan fingerprint density at radius 1 is 1.15 bits per heavy atom. The standard InChI is InChI=1S/C18H29NO/c1-14(2)11-15-7-9-17(10-8-15)18(20)13-19-12-16-5-3-4-6-16/h7-10,14,16,18-20H,3-6,11-13H2,1-2H3. The molecule has 0 aromatic heterocycles. The third-order valence-electron chi connectivity index (χ3n) is 4.25. The van der Waals surface area contributed by atoms with Gasteiger partial charge in [0, 0.05) is 6.54 Å². The summed E-state index contributed by atoms with van der Waals surface area (Å²) >= 11 is 0. The average molecular weight is 275 g/mol. The minimum atomic E-state index is -0.385. The predicted octanol–water partition coefficient (Wildman–Crippen LogP) is 3.70. The molecule has 1 aliphatic carbocycles. The van der Waals surface area contributed by atoms with E-state index in [0.717, 1.165) is 24.4 Å². The summed E-state index contributed by atoms with van der Waals surface area (Å²) in [7, 11) is 0. The maximum Gasteiger partial charge on any atom is 0.0914 e. The number of hydrogen-bond donors (Lipinski definition) is 2. The van der Waals surface area contributed by atoms with Crippen molar-refractivity contribution in [2.24, 2.45) is 11.8 Å². The van der Waals surface area contributed by atoms with Gasteiger partial charge < -0.3 is 10.4 Å². The summed E-state index contributed by atoms with van der Waals surface area (Å²) in [5.41, 5.74) is 2.38. The van der Waals surface area contributed by atoms with E-state index in [1.165, 1.54) is 31.2 Å². The molecule has 1 aromatic carbocycles. The lowest BCUT2D eigenvalue weighted by molar-refractivity contribution is 0.173. The van der Waals surface area contributed by atoms with Crippen LogP contribution in [-0.4, -0.2) is 18.2 Å². The second-order valence-corrected chi connectivity index (χ2v) is 6.66. The van der Waals surface area contributed by atoms with Gasteiger partial charge in [0.05, 0.1) is 6.10 Å². The largest absolute Gasteiger partial charge is 0.387 e. The van der Waals surface area contributed by atoms with Crippen LogP contribution in [0.15, 0.2) is 24.3 Å². The summed E-state index contributed by atoms with van der Waals surface area (Å²) < 4.78 is 0. The minimum Gasteiger partial charge on any atom is -0.387 e. The van der Waals surface area contributed by atoms with Crippen LogP contribution >= 0.6 is 0 Å². The van der Waals surface area contributed by atoms with Crippen LogP contribution in [0.5, 0.6) is 0 Å². The quantitative estimate of drug-likeness (QED) is 0.795. The van der Waals surface area contributed by atoms with Crippen LogP contribution in [0, 0.1) is 11.8 Å². The van der Waals surface area contributed by atoms with E-state index in [1.54, 1.807) is 0 Å². The highest BCUT2D eigenvalue weighted by molar-refractivity contribution is 5.24. The molecule has 1 saturated carbocycles. The number of nitrogens with one attached hydrogen (secondary N) is 1. The summed E-state index contributed by atoms with van der Waals surface area (Å²) in [5.74, 6) is 1.51. The number of hydrogen-bond acceptors (Lipinski definition) is 2. The van der Waals surface area contributed by atoms with Crippen molar-refractivity contribution in [2.45, 2.75) is 52.1 Å². The van der Waals surface area contributed by atoms with Gasteiger partial charge in [-0.05, 0) is 48.8 Å². The Labute approximate surface area is 123 Å². The smallest absolute Gasteiger partial charge is 0.0914 e. The van der Waals surface area contributed by atoms with Crippen LogP contribution in [0.3, 0.4) is 0 Å². The Morgan fingerprint density at radius 2 is 1.80 bits per heavy atom. The van der Waals surface area contributed by atoms with E-state index in [4.69, 9.17) is 0 Å². The summed E-state index contributed by atoms with van der Waals surface area (Å²) in [6.45, 7) is 6.19. The molecule has 112 valence electrons. The van der Waals surface area contributed by atoms with E-state index < -0.39 is 0 Å². The fraction of sp³-hybridized carbons (Fsp3) is 0.667. The molecule has 1 atom stereocenters. The van der Waals surface area contributed by atoms with Crippen LogP contribution in [0.4, 0.5) is 0 Å². The molecular weight excluding hydrogens is 246 g/mol. The van der Waals surface area contributed by atoms with E-state index >= 15 is 0 Å². The number of aliphatic hydroxyl groups excluding tert-OH is 1. The first-order chi connectivity index (χ1) is 9.65. The number of benzene rings is 1. The third-order valence-corrected chi connectivity index (χ3v) is 4.25. The monoisotopic (exact) mass is 275 g/mol. The van der Waals surface area contributed by atoms with Gasteiger partial charge in [0.15, 0.2) is 0 Å².